The highest BCUT2D eigenvalue weighted by Gasteiger charge is 2.37. The minimum atomic E-state index is -1.01. The van der Waals surface area contributed by atoms with Crippen LogP contribution in [0.15, 0.2) is 53.9 Å². The summed E-state index contributed by atoms with van der Waals surface area (Å²) >= 11 is 1.53. The van der Waals surface area contributed by atoms with E-state index in [1.165, 1.54) is 11.3 Å². The predicted molar refractivity (Wildman–Crippen MR) is 219 cm³/mol. The van der Waals surface area contributed by atoms with Crippen LogP contribution in [-0.4, -0.2) is 108 Å². The Morgan fingerprint density at radius 2 is 1.70 bits per heavy atom. The van der Waals surface area contributed by atoms with Gasteiger partial charge in [-0.05, 0) is 56.4 Å². The van der Waals surface area contributed by atoms with E-state index in [2.05, 4.69) is 39.7 Å². The first kappa shape index (κ1) is 44.5. The van der Waals surface area contributed by atoms with Crippen LogP contribution in [0.5, 0.6) is 11.5 Å². The molecule has 2 heterocycles. The van der Waals surface area contributed by atoms with Gasteiger partial charge in [0.2, 0.25) is 11.8 Å². The van der Waals surface area contributed by atoms with Gasteiger partial charge >= 0.3 is 6.09 Å². The van der Waals surface area contributed by atoms with Crippen molar-refractivity contribution in [3.63, 3.8) is 0 Å². The number of rotatable bonds is 18. The van der Waals surface area contributed by atoms with Crippen molar-refractivity contribution in [3.05, 3.63) is 75.7 Å². The summed E-state index contributed by atoms with van der Waals surface area (Å²) in [6.45, 7) is 16.3. The third-order valence-corrected chi connectivity index (χ3v) is 11.0. The molecular weight excluding hydrogens is 733 g/mol. The standard InChI is InChI=1S/C42H62N6O7S/c1-27(2)32(21-43-41(52)55-25-31-26-56-40(44-31)28(3)4)38(50)45-33(19-29-13-11-10-12-14-29)35(49)24-48-18-17-47(23-34(48)39(51)46-42(5,6)7)22-30-15-16-36(53-8)37(20-30)54-9/h10-16,20,26-28,32-35,49H,17-19,21-25H2,1-9H3,(H,43,52)(H,45,50)(H,46,51)/t32-,33-,34-,35+/m1/s1. The molecule has 0 saturated carbocycles. The number of ether oxygens (including phenoxy) is 3. The normalized spacial score (nSPS) is 16.9. The highest BCUT2D eigenvalue weighted by atomic mass is 32.1. The van der Waals surface area contributed by atoms with Gasteiger partial charge in [0.15, 0.2) is 11.5 Å². The van der Waals surface area contributed by atoms with Crippen molar-refractivity contribution in [2.45, 2.75) is 97.7 Å². The second-order valence-corrected chi connectivity index (χ2v) is 17.1. The summed E-state index contributed by atoms with van der Waals surface area (Å²) in [7, 11) is 3.21. The number of aliphatic hydroxyl groups is 1. The molecule has 1 aliphatic rings. The lowest BCUT2D eigenvalue weighted by Gasteiger charge is -2.43. The van der Waals surface area contributed by atoms with Crippen molar-refractivity contribution in [3.8, 4) is 11.5 Å². The number of aromatic nitrogens is 1. The molecule has 1 aromatic heterocycles. The Morgan fingerprint density at radius 1 is 0.982 bits per heavy atom. The van der Waals surface area contributed by atoms with Gasteiger partial charge in [0, 0.05) is 56.1 Å². The maximum atomic E-state index is 13.9. The molecule has 0 bridgehead atoms. The first-order valence-electron chi connectivity index (χ1n) is 19.4. The van der Waals surface area contributed by atoms with Crippen LogP contribution in [0.25, 0.3) is 0 Å². The number of nitrogens with zero attached hydrogens (tertiary/aromatic N) is 3. The fourth-order valence-corrected chi connectivity index (χ4v) is 7.48. The number of methoxy groups -OCH3 is 2. The Balaban J connectivity index is 1.46. The van der Waals surface area contributed by atoms with E-state index >= 15 is 0 Å². The lowest BCUT2D eigenvalue weighted by molar-refractivity contribution is -0.132. The molecule has 13 nitrogen and oxygen atoms in total. The van der Waals surface area contributed by atoms with Crippen LogP contribution in [0.4, 0.5) is 4.79 Å². The lowest BCUT2D eigenvalue weighted by Crippen LogP contribution is -2.63. The number of nitrogens with one attached hydrogen (secondary N) is 3. The van der Waals surface area contributed by atoms with Crippen molar-refractivity contribution < 1.29 is 33.7 Å². The molecule has 4 rings (SSSR count). The molecule has 4 atom stereocenters. The van der Waals surface area contributed by atoms with E-state index < -0.39 is 35.7 Å². The van der Waals surface area contributed by atoms with Crippen LogP contribution in [0.2, 0.25) is 0 Å². The van der Waals surface area contributed by atoms with E-state index in [1.54, 1.807) is 14.2 Å². The summed E-state index contributed by atoms with van der Waals surface area (Å²) in [5.74, 6) is 0.448. The first-order valence-corrected chi connectivity index (χ1v) is 20.3. The van der Waals surface area contributed by atoms with E-state index in [9.17, 15) is 19.5 Å². The Hall–Kier alpha value is -4.24. The minimum absolute atomic E-state index is 0.0399. The number of hydrogen-bond donors (Lipinski definition) is 4. The predicted octanol–water partition coefficient (Wildman–Crippen LogP) is 4.97. The highest BCUT2D eigenvalue weighted by molar-refractivity contribution is 7.09. The number of thiazole rings is 1. The monoisotopic (exact) mass is 794 g/mol. The van der Waals surface area contributed by atoms with E-state index in [4.69, 9.17) is 14.2 Å². The van der Waals surface area contributed by atoms with Crippen molar-refractivity contribution in [1.82, 2.24) is 30.7 Å². The molecule has 2 aromatic carbocycles. The Morgan fingerprint density at radius 3 is 2.32 bits per heavy atom. The summed E-state index contributed by atoms with van der Waals surface area (Å²) in [5.41, 5.74) is 2.20. The van der Waals surface area contributed by atoms with E-state index in [0.717, 1.165) is 16.1 Å². The van der Waals surface area contributed by atoms with Crippen LogP contribution >= 0.6 is 11.3 Å². The molecule has 3 aromatic rings. The van der Waals surface area contributed by atoms with Gasteiger partial charge in [-0.3, -0.25) is 19.4 Å². The highest BCUT2D eigenvalue weighted by Crippen LogP contribution is 2.29. The van der Waals surface area contributed by atoms with Gasteiger partial charge in [-0.15, -0.1) is 11.3 Å². The zero-order valence-electron chi connectivity index (χ0n) is 34.5. The average molecular weight is 795 g/mol. The topological polar surface area (TPSA) is 155 Å². The van der Waals surface area contributed by atoms with E-state index in [0.29, 0.717) is 49.8 Å². The van der Waals surface area contributed by atoms with Crippen molar-refractivity contribution in [1.29, 1.82) is 0 Å². The lowest BCUT2D eigenvalue weighted by atomic mass is 9.93. The molecule has 0 radical (unpaired) electrons. The molecule has 0 aliphatic carbocycles. The first-order chi connectivity index (χ1) is 26.6. The molecule has 1 saturated heterocycles. The van der Waals surface area contributed by atoms with Crippen LogP contribution in [0, 0.1) is 11.8 Å². The molecule has 3 amide bonds. The smallest absolute Gasteiger partial charge is 0.407 e. The Kier molecular flexibility index (Phi) is 16.5. The summed E-state index contributed by atoms with van der Waals surface area (Å²) in [4.78, 5) is 49.2. The number of carbonyl (C=O) groups excluding carboxylic acids is 3. The van der Waals surface area contributed by atoms with E-state index in [-0.39, 0.29) is 43.3 Å². The summed E-state index contributed by atoms with van der Waals surface area (Å²) in [5, 5.41) is 23.8. The van der Waals surface area contributed by atoms with Gasteiger partial charge in [-0.1, -0.05) is 64.1 Å². The molecule has 0 spiro atoms. The zero-order valence-corrected chi connectivity index (χ0v) is 35.3. The van der Waals surface area contributed by atoms with E-state index in [1.807, 2.05) is 93.4 Å². The van der Waals surface area contributed by atoms with Gasteiger partial charge < -0.3 is 35.3 Å². The zero-order chi connectivity index (χ0) is 41.0. The second kappa shape index (κ2) is 20.8. The summed E-state index contributed by atoms with van der Waals surface area (Å²) in [6.07, 6.45) is -1.27. The number of hydrogen-bond acceptors (Lipinski definition) is 11. The number of benzene rings is 2. The SMILES string of the molecule is COc1ccc(CN2CCN(C[C@H](O)[C@@H](Cc3ccccc3)NC(=O)[C@H](CNC(=O)OCc3csc(C(C)C)n3)C(C)C)[C@@H](C(=O)NC(C)(C)C)C2)cc1OC. The Bertz CT molecular complexity index is 1710. The maximum absolute atomic E-state index is 13.9. The van der Waals surface area contributed by atoms with Gasteiger partial charge in [-0.2, -0.15) is 0 Å². The fraction of sp³-hybridized carbons (Fsp3) is 0.571. The number of aliphatic hydroxyl groups excluding tert-OH is 1. The number of piperazine rings is 1. The molecule has 56 heavy (non-hydrogen) atoms. The number of β-amino-alcohol motifs (C(OH)–C–C–N with tert-alkyl or cyclic N) is 1. The van der Waals surface area contributed by atoms with Crippen molar-refractivity contribution >= 4 is 29.2 Å². The third-order valence-electron chi connectivity index (χ3n) is 9.76. The maximum Gasteiger partial charge on any atom is 0.407 e. The molecule has 308 valence electrons. The van der Waals surface area contributed by atoms with Crippen LogP contribution in [0.3, 0.4) is 0 Å². The number of alkyl carbamates (subject to hydrolysis) is 1. The van der Waals surface area contributed by atoms with Gasteiger partial charge in [0.25, 0.3) is 0 Å². The summed E-state index contributed by atoms with van der Waals surface area (Å²) < 4.78 is 16.3. The molecular formula is C42H62N6O7S. The van der Waals surface area contributed by atoms with Gasteiger partial charge in [0.1, 0.15) is 12.6 Å². The van der Waals surface area contributed by atoms with Crippen molar-refractivity contribution in [2.24, 2.45) is 11.8 Å². The van der Waals surface area contributed by atoms with Crippen molar-refractivity contribution in [2.75, 3.05) is 46.9 Å². The number of carbonyl (C=O) groups is 3. The van der Waals surface area contributed by atoms with Gasteiger partial charge in [-0.25, -0.2) is 9.78 Å². The Labute approximate surface area is 336 Å². The summed E-state index contributed by atoms with van der Waals surface area (Å²) in [6, 6.07) is 14.3. The molecule has 0 unspecified atom stereocenters. The molecule has 1 fully saturated rings. The van der Waals surface area contributed by atoms with Crippen LogP contribution < -0.4 is 25.4 Å². The molecule has 1 aliphatic heterocycles. The average Bonchev–Trinajstić information content (AvgIpc) is 3.63. The molecule has 14 heteroatoms. The largest absolute Gasteiger partial charge is 0.493 e. The third kappa shape index (κ3) is 13.5. The van der Waals surface area contributed by atoms with Gasteiger partial charge in [0.05, 0.1) is 43.0 Å². The molecule has 4 N–H and O–H groups in total. The number of amides is 3. The fourth-order valence-electron chi connectivity index (χ4n) is 6.66. The van der Waals surface area contributed by atoms with Crippen LogP contribution in [-0.2, 0) is 33.9 Å². The minimum Gasteiger partial charge on any atom is -0.493 e. The quantitative estimate of drug-likeness (QED) is 0.139. The van der Waals surface area contributed by atoms with Crippen LogP contribution in [0.1, 0.15) is 76.2 Å². The second-order valence-electron chi connectivity index (χ2n) is 16.2.